The molecule has 0 radical (unpaired) electrons. The number of hydrogen-bond donors (Lipinski definition) is 10. The Labute approximate surface area is 259 Å². The van der Waals surface area contributed by atoms with Gasteiger partial charge in [-0.3, -0.25) is 4.79 Å². The quantitative estimate of drug-likeness (QED) is 0.0636. The summed E-state index contributed by atoms with van der Waals surface area (Å²) in [5.74, 6) is -3.76. The van der Waals surface area contributed by atoms with Gasteiger partial charge >= 0.3 is 5.97 Å². The van der Waals surface area contributed by atoms with Crippen molar-refractivity contribution in [2.75, 3.05) is 33.5 Å². The van der Waals surface area contributed by atoms with E-state index in [0.29, 0.717) is 0 Å². The molecule has 0 aliphatic carbocycles. The van der Waals surface area contributed by atoms with Gasteiger partial charge in [-0.25, -0.2) is 4.79 Å². The molecule has 0 unspecified atom stereocenters. The molecule has 18 heteroatoms. The number of phenolic OH excluding ortho intramolecular Hbond substituents is 2. The third-order valence-electron chi connectivity index (χ3n) is 7.54. The van der Waals surface area contributed by atoms with E-state index < -0.39 is 109 Å². The van der Waals surface area contributed by atoms with Crippen molar-refractivity contribution in [3.8, 4) is 23.0 Å². The van der Waals surface area contributed by atoms with Gasteiger partial charge < -0.3 is 79.5 Å². The Balaban J connectivity index is 1.37. The first-order valence-corrected chi connectivity index (χ1v) is 14.0. The number of ether oxygens (including phenoxy) is 6. The summed E-state index contributed by atoms with van der Waals surface area (Å²) < 4.78 is 31.9. The van der Waals surface area contributed by atoms with E-state index >= 15 is 0 Å². The first-order chi connectivity index (χ1) is 21.8. The first kappa shape index (κ1) is 35.5. The van der Waals surface area contributed by atoms with Crippen LogP contribution in [0.15, 0.2) is 23.0 Å². The summed E-state index contributed by atoms with van der Waals surface area (Å²) >= 11 is 0. The number of fused-ring (bicyclic) bond motifs is 1. The van der Waals surface area contributed by atoms with Crippen LogP contribution in [-0.4, -0.2) is 152 Å². The van der Waals surface area contributed by atoms with Crippen molar-refractivity contribution in [2.24, 2.45) is 0 Å². The Morgan fingerprint density at radius 2 is 1.46 bits per heavy atom. The van der Waals surface area contributed by atoms with Gasteiger partial charge in [0, 0.05) is 6.42 Å². The maximum atomic E-state index is 12.6. The van der Waals surface area contributed by atoms with Crippen LogP contribution >= 0.6 is 0 Å². The lowest BCUT2D eigenvalue weighted by atomic mass is 9.97. The van der Waals surface area contributed by atoms with Crippen LogP contribution in [0.2, 0.25) is 0 Å². The Bertz CT molecular complexity index is 1430. The summed E-state index contributed by atoms with van der Waals surface area (Å²) in [7, 11) is 1.09. The summed E-state index contributed by atoms with van der Waals surface area (Å²) in [6.07, 6.45) is -16.0. The van der Waals surface area contributed by atoms with Crippen LogP contribution in [0.25, 0.3) is 10.8 Å². The topological polar surface area (TPSA) is 292 Å². The van der Waals surface area contributed by atoms with Gasteiger partial charge in [0.05, 0.1) is 44.5 Å². The molecular weight excluding hydrogens is 624 g/mol. The Hall–Kier alpha value is -3.40. The lowest BCUT2D eigenvalue weighted by molar-refractivity contribution is -0.359. The molecule has 0 bridgehead atoms. The highest BCUT2D eigenvalue weighted by Gasteiger charge is 2.50. The minimum absolute atomic E-state index is 0.0597. The van der Waals surface area contributed by atoms with E-state index in [1.165, 1.54) is 0 Å². The number of phenols is 2. The third-order valence-corrected chi connectivity index (χ3v) is 7.54. The largest absolute Gasteiger partial charge is 0.504 e. The average molecular weight is 661 g/mol. The number of aromatic hydroxyl groups is 3. The number of aliphatic hydroxyl groups excluding tert-OH is 7. The molecule has 2 aliphatic heterocycles. The molecule has 2 aromatic carbocycles. The molecule has 2 heterocycles. The number of hydrogen-bond acceptors (Lipinski definition) is 18. The van der Waals surface area contributed by atoms with Crippen LogP contribution in [0.4, 0.5) is 0 Å². The summed E-state index contributed by atoms with van der Waals surface area (Å²) in [6, 6.07) is 3.16. The number of methoxy groups -OCH3 is 1. The molecule has 4 rings (SSSR count). The normalized spacial score (nSPS) is 31.5. The zero-order chi connectivity index (χ0) is 33.9. The minimum Gasteiger partial charge on any atom is -0.504 e. The second-order valence-electron chi connectivity index (χ2n) is 10.6. The fourth-order valence-electron chi connectivity index (χ4n) is 5.04. The van der Waals surface area contributed by atoms with Crippen molar-refractivity contribution in [3.63, 3.8) is 0 Å². The number of carbonyl (C=O) groups is 1. The number of esters is 1. The van der Waals surface area contributed by atoms with Crippen LogP contribution in [0, 0.1) is 0 Å². The number of aliphatic hydroxyl groups is 7. The van der Waals surface area contributed by atoms with E-state index in [2.05, 4.69) is 4.74 Å². The SMILES string of the molecule is COC(=O)c1cc(O)c(=O)c2c(O)c(O)c(OCCCO[C@@H]3O[C@H](CO)[C@@H](O[C@@H]4O[C@H](CO)[C@H](O)[C@H](O)[C@H]4O)[C@H](O)[C@H]3O)cc2c1. The van der Waals surface area contributed by atoms with Gasteiger partial charge in [-0.05, 0) is 23.6 Å². The van der Waals surface area contributed by atoms with Gasteiger partial charge in [-0.2, -0.15) is 0 Å². The van der Waals surface area contributed by atoms with Crippen LogP contribution < -0.4 is 10.2 Å². The second-order valence-corrected chi connectivity index (χ2v) is 10.6. The highest BCUT2D eigenvalue weighted by Crippen LogP contribution is 2.41. The number of benzene rings is 1. The van der Waals surface area contributed by atoms with Crippen LogP contribution in [-0.2, 0) is 23.7 Å². The number of rotatable bonds is 11. The Morgan fingerprint density at radius 3 is 2.11 bits per heavy atom. The van der Waals surface area contributed by atoms with E-state index in [1.807, 2.05) is 0 Å². The van der Waals surface area contributed by atoms with Gasteiger partial charge in [-0.15, -0.1) is 0 Å². The van der Waals surface area contributed by atoms with Crippen molar-refractivity contribution in [3.05, 3.63) is 34.0 Å². The molecule has 0 amide bonds. The smallest absolute Gasteiger partial charge is 0.338 e. The van der Waals surface area contributed by atoms with Crippen molar-refractivity contribution in [1.29, 1.82) is 0 Å². The highest BCUT2D eigenvalue weighted by atomic mass is 16.7. The van der Waals surface area contributed by atoms with Gasteiger partial charge in [0.25, 0.3) is 0 Å². The lowest BCUT2D eigenvalue weighted by Gasteiger charge is -2.45. The summed E-state index contributed by atoms with van der Waals surface area (Å²) in [6.45, 7) is -1.83. The maximum absolute atomic E-state index is 12.6. The van der Waals surface area contributed by atoms with Gasteiger partial charge in [0.15, 0.2) is 29.8 Å². The molecule has 10 N–H and O–H groups in total. The van der Waals surface area contributed by atoms with Gasteiger partial charge in [0.2, 0.25) is 11.2 Å². The molecule has 0 saturated carbocycles. The molecule has 0 spiro atoms. The second kappa shape index (κ2) is 15.0. The predicted octanol–water partition coefficient (Wildman–Crippen LogP) is -3.49. The van der Waals surface area contributed by atoms with Crippen LogP contribution in [0.5, 0.6) is 23.0 Å². The van der Waals surface area contributed by atoms with E-state index in [1.54, 1.807) is 0 Å². The van der Waals surface area contributed by atoms with Crippen LogP contribution in [0.1, 0.15) is 16.8 Å². The zero-order valence-corrected chi connectivity index (χ0v) is 24.3. The molecule has 256 valence electrons. The van der Waals surface area contributed by atoms with Crippen molar-refractivity contribution < 1.29 is 84.3 Å². The molecule has 10 atom stereocenters. The molecule has 18 nitrogen and oxygen atoms in total. The zero-order valence-electron chi connectivity index (χ0n) is 24.3. The summed E-state index contributed by atoms with van der Waals surface area (Å²) in [5.41, 5.74) is -1.28. The van der Waals surface area contributed by atoms with Crippen molar-refractivity contribution in [2.45, 2.75) is 67.8 Å². The fourth-order valence-corrected chi connectivity index (χ4v) is 5.04. The molecule has 2 aromatic rings. The number of carbonyl (C=O) groups excluding carboxylic acids is 1. The Kier molecular flexibility index (Phi) is 11.6. The van der Waals surface area contributed by atoms with E-state index in [9.17, 15) is 60.7 Å². The molecule has 2 aliphatic rings. The van der Waals surface area contributed by atoms with Crippen molar-refractivity contribution in [1.82, 2.24) is 0 Å². The molecule has 2 fully saturated rings. The van der Waals surface area contributed by atoms with Gasteiger partial charge in [-0.1, -0.05) is 0 Å². The van der Waals surface area contributed by atoms with Crippen LogP contribution in [0.3, 0.4) is 0 Å². The lowest BCUT2D eigenvalue weighted by Crippen LogP contribution is -2.64. The summed E-state index contributed by atoms with van der Waals surface area (Å²) in [4.78, 5) is 24.6. The maximum Gasteiger partial charge on any atom is 0.338 e. The van der Waals surface area contributed by atoms with Gasteiger partial charge in [0.1, 0.15) is 48.8 Å². The molecular formula is C28H36O18. The van der Waals surface area contributed by atoms with E-state index in [-0.39, 0.29) is 36.3 Å². The Morgan fingerprint density at radius 1 is 0.804 bits per heavy atom. The first-order valence-electron chi connectivity index (χ1n) is 14.0. The van der Waals surface area contributed by atoms with E-state index in [4.69, 9.17) is 23.7 Å². The molecule has 0 aromatic heterocycles. The average Bonchev–Trinajstić information content (AvgIpc) is 3.17. The fraction of sp³-hybridized carbons (Fsp3) is 0.571. The monoisotopic (exact) mass is 660 g/mol. The molecule has 46 heavy (non-hydrogen) atoms. The minimum atomic E-state index is -1.81. The highest BCUT2D eigenvalue weighted by molar-refractivity contribution is 5.98. The third kappa shape index (κ3) is 7.11. The molecule has 2 saturated heterocycles. The van der Waals surface area contributed by atoms with Crippen molar-refractivity contribution >= 4 is 16.7 Å². The summed E-state index contributed by atoms with van der Waals surface area (Å²) in [5, 5.41) is 101. The standard InChI is InChI=1S/C28H36O18/c1-41-26(40)11-5-10-7-13(18(33)20(35)16(10)17(32)12(31)6-11)42-3-2-4-43-27-24(39)22(37)25(15(9-30)45-27)46-28-23(38)21(36)19(34)14(8-29)44-28/h5-7,14-15,19,21-25,27-30,33-39H,2-4,8-9H2,1H3,(H,31,32)/t14-,15-,19+,21+,22-,23-,24-,25-,27-,28+/m1/s1. The predicted molar refractivity (Wildman–Crippen MR) is 149 cm³/mol. The van der Waals surface area contributed by atoms with E-state index in [0.717, 1.165) is 25.3 Å².